The van der Waals surface area contributed by atoms with Crippen molar-refractivity contribution in [3.05, 3.63) is 0 Å². The van der Waals surface area contributed by atoms with Crippen LogP contribution in [0.2, 0.25) is 0 Å². The standard InChI is InChI=1S/C11H28N2O3Si/c1-7-9-10-16-17(14-5,15-6)11(12,8-2)13(3)4/h7-10,12H2,1-6H3. The van der Waals surface area contributed by atoms with Crippen molar-refractivity contribution < 1.29 is 13.3 Å². The van der Waals surface area contributed by atoms with Gasteiger partial charge >= 0.3 is 8.80 Å². The molecule has 0 aromatic rings. The zero-order valence-corrected chi connectivity index (χ0v) is 13.1. The van der Waals surface area contributed by atoms with E-state index in [0.717, 1.165) is 12.8 Å². The van der Waals surface area contributed by atoms with Crippen molar-refractivity contribution in [1.29, 1.82) is 0 Å². The predicted molar refractivity (Wildman–Crippen MR) is 71.5 cm³/mol. The highest BCUT2D eigenvalue weighted by Gasteiger charge is 2.59. The summed E-state index contributed by atoms with van der Waals surface area (Å²) in [6.07, 6.45) is 2.76. The Morgan fingerprint density at radius 2 is 1.71 bits per heavy atom. The second-order valence-electron chi connectivity index (χ2n) is 4.34. The average molecular weight is 264 g/mol. The second-order valence-corrected chi connectivity index (χ2v) is 7.42. The van der Waals surface area contributed by atoms with Gasteiger partial charge in [0.15, 0.2) is 0 Å². The minimum Gasteiger partial charge on any atom is -0.375 e. The number of nitrogens with zero attached hydrogens (tertiary/aromatic N) is 1. The quantitative estimate of drug-likeness (QED) is 0.385. The van der Waals surface area contributed by atoms with Crippen LogP contribution in [0.1, 0.15) is 33.1 Å². The van der Waals surface area contributed by atoms with Gasteiger partial charge in [0.25, 0.3) is 0 Å². The summed E-state index contributed by atoms with van der Waals surface area (Å²) in [4.78, 5) is 1.93. The van der Waals surface area contributed by atoms with E-state index < -0.39 is 14.1 Å². The van der Waals surface area contributed by atoms with E-state index in [1.54, 1.807) is 14.2 Å². The summed E-state index contributed by atoms with van der Waals surface area (Å²) >= 11 is 0. The fraction of sp³-hybridized carbons (Fsp3) is 1.00. The lowest BCUT2D eigenvalue weighted by Gasteiger charge is -2.45. The maximum absolute atomic E-state index is 6.44. The van der Waals surface area contributed by atoms with Gasteiger partial charge in [0, 0.05) is 20.8 Å². The third kappa shape index (κ3) is 3.49. The molecule has 0 aliphatic carbocycles. The lowest BCUT2D eigenvalue weighted by Crippen LogP contribution is -2.75. The molecule has 2 N–H and O–H groups in total. The van der Waals surface area contributed by atoms with Gasteiger partial charge in [0.2, 0.25) is 0 Å². The van der Waals surface area contributed by atoms with Crippen molar-refractivity contribution >= 4 is 8.80 Å². The molecule has 5 nitrogen and oxygen atoms in total. The van der Waals surface area contributed by atoms with Crippen LogP contribution in [0.4, 0.5) is 0 Å². The summed E-state index contributed by atoms with van der Waals surface area (Å²) in [7, 11) is 4.18. The van der Waals surface area contributed by atoms with Gasteiger partial charge < -0.3 is 19.0 Å². The van der Waals surface area contributed by atoms with E-state index in [1.165, 1.54) is 0 Å². The SMILES string of the molecule is CCCCO[Si](OC)(OC)C(N)(CC)N(C)C. The molecule has 0 saturated heterocycles. The van der Waals surface area contributed by atoms with Gasteiger partial charge in [-0.25, -0.2) is 0 Å². The van der Waals surface area contributed by atoms with Gasteiger partial charge in [-0.05, 0) is 26.9 Å². The number of hydrogen-bond donors (Lipinski definition) is 1. The van der Waals surface area contributed by atoms with Crippen LogP contribution in [0.3, 0.4) is 0 Å². The molecule has 104 valence electrons. The largest absolute Gasteiger partial charge is 0.537 e. The van der Waals surface area contributed by atoms with Crippen LogP contribution in [0.15, 0.2) is 0 Å². The van der Waals surface area contributed by atoms with Gasteiger partial charge in [-0.2, -0.15) is 0 Å². The van der Waals surface area contributed by atoms with E-state index in [-0.39, 0.29) is 0 Å². The van der Waals surface area contributed by atoms with Crippen LogP contribution in [-0.4, -0.2) is 53.9 Å². The molecule has 0 radical (unpaired) electrons. The summed E-state index contributed by atoms with van der Waals surface area (Å²) in [6, 6.07) is 0. The van der Waals surface area contributed by atoms with Gasteiger partial charge in [-0.15, -0.1) is 0 Å². The number of hydrogen-bond acceptors (Lipinski definition) is 5. The van der Waals surface area contributed by atoms with E-state index >= 15 is 0 Å². The lowest BCUT2D eigenvalue weighted by molar-refractivity contribution is 0.0289. The molecule has 0 amide bonds. The van der Waals surface area contributed by atoms with Crippen molar-refractivity contribution in [3.8, 4) is 0 Å². The third-order valence-electron chi connectivity index (χ3n) is 3.19. The molecule has 0 aromatic heterocycles. The molecule has 0 heterocycles. The molecule has 0 rings (SSSR count). The molecule has 0 aromatic carbocycles. The molecule has 6 heteroatoms. The molecule has 0 aliphatic heterocycles. The van der Waals surface area contributed by atoms with E-state index in [1.807, 2.05) is 25.9 Å². The van der Waals surface area contributed by atoms with Crippen molar-refractivity contribution in [2.45, 2.75) is 38.4 Å². The third-order valence-corrected chi connectivity index (χ3v) is 6.71. The molecule has 1 atom stereocenters. The van der Waals surface area contributed by atoms with Crippen molar-refractivity contribution in [2.24, 2.45) is 5.73 Å². The Morgan fingerprint density at radius 1 is 1.18 bits per heavy atom. The molecule has 0 spiro atoms. The van der Waals surface area contributed by atoms with Crippen LogP contribution in [-0.2, 0) is 13.3 Å². The van der Waals surface area contributed by atoms with E-state index in [2.05, 4.69) is 6.92 Å². The summed E-state index contributed by atoms with van der Waals surface area (Å²) in [6.45, 7) is 4.76. The van der Waals surface area contributed by atoms with Gasteiger partial charge in [0.1, 0.15) is 5.29 Å². The minimum atomic E-state index is -2.89. The maximum Gasteiger partial charge on any atom is 0.537 e. The van der Waals surface area contributed by atoms with E-state index in [0.29, 0.717) is 13.0 Å². The summed E-state index contributed by atoms with van der Waals surface area (Å²) in [5.41, 5.74) is 6.44. The first-order valence-corrected chi connectivity index (χ1v) is 7.87. The molecule has 0 bridgehead atoms. The zero-order chi connectivity index (χ0) is 13.5. The molecule has 0 saturated carbocycles. The second kappa shape index (κ2) is 7.45. The van der Waals surface area contributed by atoms with Crippen molar-refractivity contribution in [2.75, 3.05) is 34.9 Å². The molecule has 1 unspecified atom stereocenters. The van der Waals surface area contributed by atoms with Gasteiger partial charge in [0.05, 0.1) is 0 Å². The lowest BCUT2D eigenvalue weighted by atomic mass is 10.3. The monoisotopic (exact) mass is 264 g/mol. The number of unbranched alkanes of at least 4 members (excludes halogenated alkanes) is 1. The van der Waals surface area contributed by atoms with Crippen LogP contribution >= 0.6 is 0 Å². The molecular formula is C11H28N2O3Si. The normalized spacial score (nSPS) is 16.2. The fourth-order valence-electron chi connectivity index (χ4n) is 1.84. The number of rotatable bonds is 9. The number of nitrogens with two attached hydrogens (primary N) is 1. The highest BCUT2D eigenvalue weighted by atomic mass is 28.4. The fourth-order valence-corrected chi connectivity index (χ4v) is 4.59. The van der Waals surface area contributed by atoms with Crippen molar-refractivity contribution in [1.82, 2.24) is 4.90 Å². The van der Waals surface area contributed by atoms with Crippen LogP contribution < -0.4 is 5.73 Å². The minimum absolute atomic E-state index is 0.622. The predicted octanol–water partition coefficient (Wildman–Crippen LogP) is 1.20. The first-order chi connectivity index (χ1) is 7.94. The first kappa shape index (κ1) is 17.0. The van der Waals surface area contributed by atoms with Crippen LogP contribution in [0.25, 0.3) is 0 Å². The Kier molecular flexibility index (Phi) is 7.46. The smallest absolute Gasteiger partial charge is 0.375 e. The Bertz CT molecular complexity index is 213. The molecular weight excluding hydrogens is 236 g/mol. The van der Waals surface area contributed by atoms with E-state index in [9.17, 15) is 0 Å². The van der Waals surface area contributed by atoms with Crippen LogP contribution in [0.5, 0.6) is 0 Å². The Hall–Kier alpha value is 0.0169. The summed E-state index contributed by atoms with van der Waals surface area (Å²) in [5.74, 6) is 0. The van der Waals surface area contributed by atoms with Gasteiger partial charge in [-0.1, -0.05) is 20.3 Å². The topological polar surface area (TPSA) is 57.0 Å². The molecule has 0 aliphatic rings. The highest BCUT2D eigenvalue weighted by Crippen LogP contribution is 2.26. The highest BCUT2D eigenvalue weighted by molar-refractivity contribution is 6.64. The van der Waals surface area contributed by atoms with Gasteiger partial charge in [-0.3, -0.25) is 4.90 Å². The molecule has 17 heavy (non-hydrogen) atoms. The average Bonchev–Trinajstić information content (AvgIpc) is 2.34. The molecule has 0 fully saturated rings. The maximum atomic E-state index is 6.44. The Labute approximate surface area is 107 Å². The summed E-state index contributed by atoms with van der Waals surface area (Å²) in [5, 5.41) is -0.690. The zero-order valence-electron chi connectivity index (χ0n) is 12.1. The summed E-state index contributed by atoms with van der Waals surface area (Å²) < 4.78 is 17.1. The Balaban J connectivity index is 5.00. The first-order valence-electron chi connectivity index (χ1n) is 6.14. The van der Waals surface area contributed by atoms with Crippen LogP contribution in [0, 0.1) is 0 Å². The van der Waals surface area contributed by atoms with Crippen molar-refractivity contribution in [3.63, 3.8) is 0 Å². The Morgan fingerprint density at radius 3 is 2.00 bits per heavy atom. The van der Waals surface area contributed by atoms with E-state index in [4.69, 9.17) is 19.0 Å².